The minimum absolute atomic E-state index is 0.142. The van der Waals surface area contributed by atoms with Gasteiger partial charge in [-0.15, -0.1) is 0 Å². The van der Waals surface area contributed by atoms with E-state index in [2.05, 4.69) is 12.0 Å². The van der Waals surface area contributed by atoms with E-state index in [0.717, 1.165) is 13.0 Å². The first-order valence-corrected chi connectivity index (χ1v) is 6.63. The molecule has 0 fully saturated rings. The number of hydrogen-bond donors (Lipinski definition) is 1. The maximum atomic E-state index is 13.6. The molecule has 0 saturated carbocycles. The van der Waals surface area contributed by atoms with Crippen LogP contribution in [0.3, 0.4) is 0 Å². The Morgan fingerprint density at radius 3 is 2.95 bits per heavy atom. The van der Waals surface area contributed by atoms with Crippen LogP contribution >= 0.6 is 11.6 Å². The van der Waals surface area contributed by atoms with Crippen LogP contribution in [0.2, 0.25) is 5.02 Å². The highest BCUT2D eigenvalue weighted by Crippen LogP contribution is 2.25. The molecule has 1 aromatic carbocycles. The van der Waals surface area contributed by atoms with E-state index in [9.17, 15) is 9.50 Å². The zero-order valence-electron chi connectivity index (χ0n) is 10.7. The molecule has 0 aliphatic rings. The van der Waals surface area contributed by atoms with Crippen molar-refractivity contribution in [1.82, 2.24) is 9.78 Å². The van der Waals surface area contributed by atoms with Gasteiger partial charge in [-0.1, -0.05) is 24.6 Å². The van der Waals surface area contributed by atoms with Crippen LogP contribution in [0.25, 0.3) is 0 Å². The van der Waals surface area contributed by atoms with Crippen LogP contribution < -0.4 is 0 Å². The van der Waals surface area contributed by atoms with Crippen LogP contribution in [0.15, 0.2) is 30.6 Å². The Kier molecular flexibility index (Phi) is 4.56. The molecule has 0 aliphatic heterocycles. The second-order valence-electron chi connectivity index (χ2n) is 4.46. The Bertz CT molecular complexity index is 536. The number of aryl methyl sites for hydroxylation is 1. The van der Waals surface area contributed by atoms with Crippen molar-refractivity contribution in [3.8, 4) is 0 Å². The summed E-state index contributed by atoms with van der Waals surface area (Å²) in [7, 11) is 0. The molecular formula is C14H16ClFN2O. The molecule has 1 unspecified atom stereocenters. The van der Waals surface area contributed by atoms with Crippen LogP contribution in [0.4, 0.5) is 4.39 Å². The van der Waals surface area contributed by atoms with Gasteiger partial charge in [-0.05, 0) is 18.6 Å². The highest BCUT2D eigenvalue weighted by atomic mass is 35.5. The summed E-state index contributed by atoms with van der Waals surface area (Å²) in [5.41, 5.74) is 1.01. The number of hydrogen-bond acceptors (Lipinski definition) is 2. The van der Waals surface area contributed by atoms with Gasteiger partial charge in [-0.2, -0.15) is 5.10 Å². The van der Waals surface area contributed by atoms with Crippen molar-refractivity contribution in [2.45, 2.75) is 32.4 Å². The van der Waals surface area contributed by atoms with E-state index in [-0.39, 0.29) is 6.42 Å². The van der Waals surface area contributed by atoms with Gasteiger partial charge >= 0.3 is 0 Å². The number of aliphatic hydroxyl groups excluding tert-OH is 1. The molecule has 2 aromatic rings. The second kappa shape index (κ2) is 6.17. The molecule has 0 spiro atoms. The zero-order chi connectivity index (χ0) is 13.8. The summed E-state index contributed by atoms with van der Waals surface area (Å²) in [5, 5.41) is 14.6. The lowest BCUT2D eigenvalue weighted by Gasteiger charge is -2.10. The lowest BCUT2D eigenvalue weighted by Crippen LogP contribution is -2.04. The van der Waals surface area contributed by atoms with Gasteiger partial charge in [0.2, 0.25) is 0 Å². The molecule has 0 bridgehead atoms. The maximum absolute atomic E-state index is 13.6. The third-order valence-corrected chi connectivity index (χ3v) is 3.30. The van der Waals surface area contributed by atoms with Crippen molar-refractivity contribution in [3.63, 3.8) is 0 Å². The highest BCUT2D eigenvalue weighted by molar-refractivity contribution is 6.31. The summed E-state index contributed by atoms with van der Waals surface area (Å²) in [4.78, 5) is 0. The molecule has 102 valence electrons. The largest absolute Gasteiger partial charge is 0.388 e. The van der Waals surface area contributed by atoms with Crippen LogP contribution in [0.5, 0.6) is 0 Å². The first kappa shape index (κ1) is 14.0. The molecule has 0 radical (unpaired) electrons. The van der Waals surface area contributed by atoms with E-state index in [1.54, 1.807) is 29.2 Å². The first-order valence-electron chi connectivity index (χ1n) is 6.25. The number of halogens is 2. The standard InChI is InChI=1S/C14H16ClFN2O/c1-2-6-18-9-10(8-17-18)14(19)7-11-12(15)4-3-5-13(11)16/h3-5,8-9,14,19H,2,6-7H2,1H3. The fourth-order valence-electron chi connectivity index (χ4n) is 1.94. The zero-order valence-corrected chi connectivity index (χ0v) is 11.4. The third kappa shape index (κ3) is 3.33. The van der Waals surface area contributed by atoms with Gasteiger partial charge in [0, 0.05) is 35.3 Å². The Hall–Kier alpha value is -1.39. The van der Waals surface area contributed by atoms with Gasteiger partial charge in [-0.3, -0.25) is 4.68 Å². The molecule has 5 heteroatoms. The van der Waals surface area contributed by atoms with Gasteiger partial charge in [0.25, 0.3) is 0 Å². The van der Waals surface area contributed by atoms with Crippen LogP contribution in [0.1, 0.15) is 30.6 Å². The fourth-order valence-corrected chi connectivity index (χ4v) is 2.18. The van der Waals surface area contributed by atoms with Crippen molar-refractivity contribution >= 4 is 11.6 Å². The van der Waals surface area contributed by atoms with E-state index in [4.69, 9.17) is 11.6 Å². The Morgan fingerprint density at radius 2 is 2.26 bits per heavy atom. The van der Waals surface area contributed by atoms with Crippen LogP contribution in [-0.2, 0) is 13.0 Å². The molecule has 0 saturated heterocycles. The minimum atomic E-state index is -0.806. The second-order valence-corrected chi connectivity index (χ2v) is 4.86. The predicted octanol–water partition coefficient (Wildman–Crippen LogP) is 3.36. The van der Waals surface area contributed by atoms with E-state index in [0.29, 0.717) is 16.1 Å². The molecule has 2 rings (SSSR count). The molecule has 1 aromatic heterocycles. The normalized spacial score (nSPS) is 12.6. The van der Waals surface area contributed by atoms with Gasteiger partial charge in [0.15, 0.2) is 0 Å². The van der Waals surface area contributed by atoms with Crippen molar-refractivity contribution in [3.05, 3.63) is 52.6 Å². The SMILES string of the molecule is CCCn1cc(C(O)Cc2c(F)cccc2Cl)cn1. The molecule has 1 heterocycles. The Balaban J connectivity index is 2.13. The van der Waals surface area contributed by atoms with E-state index in [1.165, 1.54) is 6.07 Å². The summed E-state index contributed by atoms with van der Waals surface area (Å²) < 4.78 is 15.4. The summed E-state index contributed by atoms with van der Waals surface area (Å²) in [6.45, 7) is 2.85. The van der Waals surface area contributed by atoms with Gasteiger partial charge in [0.05, 0.1) is 12.3 Å². The third-order valence-electron chi connectivity index (χ3n) is 2.95. The molecular weight excluding hydrogens is 267 g/mol. The summed E-state index contributed by atoms with van der Waals surface area (Å²) >= 11 is 5.94. The molecule has 0 amide bonds. The predicted molar refractivity (Wildman–Crippen MR) is 72.6 cm³/mol. The quantitative estimate of drug-likeness (QED) is 0.913. The summed E-state index contributed by atoms with van der Waals surface area (Å²) in [5.74, 6) is -0.396. The summed E-state index contributed by atoms with van der Waals surface area (Å²) in [6.07, 6.45) is 3.69. The lowest BCUT2D eigenvalue weighted by molar-refractivity contribution is 0.177. The fraction of sp³-hybridized carbons (Fsp3) is 0.357. The number of rotatable bonds is 5. The van der Waals surface area contributed by atoms with Crippen molar-refractivity contribution in [2.75, 3.05) is 0 Å². The molecule has 3 nitrogen and oxygen atoms in total. The maximum Gasteiger partial charge on any atom is 0.127 e. The first-order chi connectivity index (χ1) is 9.11. The van der Waals surface area contributed by atoms with Crippen molar-refractivity contribution in [2.24, 2.45) is 0 Å². The molecule has 19 heavy (non-hydrogen) atoms. The molecule has 1 atom stereocenters. The minimum Gasteiger partial charge on any atom is -0.388 e. The number of aliphatic hydroxyl groups is 1. The van der Waals surface area contributed by atoms with Crippen molar-refractivity contribution in [1.29, 1.82) is 0 Å². The Morgan fingerprint density at radius 1 is 1.47 bits per heavy atom. The topological polar surface area (TPSA) is 38.0 Å². The van der Waals surface area contributed by atoms with Gasteiger partial charge in [0.1, 0.15) is 5.82 Å². The van der Waals surface area contributed by atoms with E-state index in [1.807, 2.05) is 0 Å². The van der Waals surface area contributed by atoms with Crippen LogP contribution in [-0.4, -0.2) is 14.9 Å². The summed E-state index contributed by atoms with van der Waals surface area (Å²) in [6, 6.07) is 4.51. The van der Waals surface area contributed by atoms with Crippen molar-refractivity contribution < 1.29 is 9.50 Å². The molecule has 0 aliphatic carbocycles. The Labute approximate surface area is 116 Å². The average Bonchev–Trinajstić information content (AvgIpc) is 2.83. The van der Waals surface area contributed by atoms with E-state index >= 15 is 0 Å². The van der Waals surface area contributed by atoms with E-state index < -0.39 is 11.9 Å². The smallest absolute Gasteiger partial charge is 0.127 e. The average molecular weight is 283 g/mol. The highest BCUT2D eigenvalue weighted by Gasteiger charge is 2.15. The monoisotopic (exact) mass is 282 g/mol. The molecule has 1 N–H and O–H groups in total. The lowest BCUT2D eigenvalue weighted by atomic mass is 10.0. The number of aromatic nitrogens is 2. The van der Waals surface area contributed by atoms with Crippen LogP contribution in [0, 0.1) is 5.82 Å². The van der Waals surface area contributed by atoms with Gasteiger partial charge in [-0.25, -0.2) is 4.39 Å². The number of benzene rings is 1. The number of nitrogens with zero attached hydrogens (tertiary/aromatic N) is 2. The van der Waals surface area contributed by atoms with Gasteiger partial charge < -0.3 is 5.11 Å².